The lowest BCUT2D eigenvalue weighted by Crippen LogP contribution is -2.35. The van der Waals surface area contributed by atoms with Gasteiger partial charge in [-0.05, 0) is 18.2 Å². The van der Waals surface area contributed by atoms with Crippen molar-refractivity contribution in [2.75, 3.05) is 13.7 Å². The molecule has 0 spiro atoms. The molecular weight excluding hydrogens is 246 g/mol. The molecule has 2 aliphatic heterocycles. The predicted octanol–water partition coefficient (Wildman–Crippen LogP) is 0.616. The number of hydrogen-bond acceptors (Lipinski definition) is 5. The number of aliphatic imine (C=N–C) groups is 2. The summed E-state index contributed by atoms with van der Waals surface area (Å²) in [5, 5.41) is 12.1. The van der Waals surface area contributed by atoms with Crippen molar-refractivity contribution in [3.05, 3.63) is 35.5 Å². The lowest BCUT2D eigenvalue weighted by atomic mass is 10.1. The molecular formula is C13H11N3O3. The highest BCUT2D eigenvalue weighted by atomic mass is 16.5. The van der Waals surface area contributed by atoms with Crippen molar-refractivity contribution in [3.8, 4) is 11.5 Å². The molecule has 1 amide bonds. The number of phenolic OH excluding ortho intramolecular Hbond substituents is 1. The first kappa shape index (κ1) is 11.5. The van der Waals surface area contributed by atoms with Crippen LogP contribution in [0.3, 0.4) is 0 Å². The molecule has 0 saturated carbocycles. The number of carbonyl (C=O) groups excluding carboxylic acids is 1. The maximum absolute atomic E-state index is 11.6. The summed E-state index contributed by atoms with van der Waals surface area (Å²) in [5.74, 6) is 0.744. The van der Waals surface area contributed by atoms with Crippen molar-refractivity contribution in [3.63, 3.8) is 0 Å². The van der Waals surface area contributed by atoms with Gasteiger partial charge in [-0.2, -0.15) is 0 Å². The Balaban J connectivity index is 2.08. The van der Waals surface area contributed by atoms with Crippen LogP contribution in [0.5, 0.6) is 11.5 Å². The third kappa shape index (κ3) is 1.87. The van der Waals surface area contributed by atoms with Crippen molar-refractivity contribution >= 4 is 17.5 Å². The standard InChI is InChI=1S/C13H11N3O3/c1-19-10-6-7(17)2-3-8(10)12-15-9-4-5-14-13(18)11(9)16-12/h2-4,6,17H,5H2,1H3,(H,14,18). The van der Waals surface area contributed by atoms with E-state index in [0.29, 0.717) is 35.1 Å². The zero-order valence-electron chi connectivity index (χ0n) is 10.2. The van der Waals surface area contributed by atoms with E-state index < -0.39 is 0 Å². The van der Waals surface area contributed by atoms with Crippen LogP contribution in [-0.2, 0) is 4.79 Å². The fourth-order valence-electron chi connectivity index (χ4n) is 1.97. The summed E-state index contributed by atoms with van der Waals surface area (Å²) in [4.78, 5) is 20.2. The molecule has 2 heterocycles. The summed E-state index contributed by atoms with van der Waals surface area (Å²) in [5.41, 5.74) is 1.53. The highest BCUT2D eigenvalue weighted by molar-refractivity contribution is 6.49. The number of rotatable bonds is 2. The number of nitrogens with zero attached hydrogens (tertiary/aromatic N) is 2. The number of amides is 1. The number of ether oxygens (including phenoxy) is 1. The fraction of sp³-hybridized carbons (Fsp3) is 0.154. The summed E-state index contributed by atoms with van der Waals surface area (Å²) in [6, 6.07) is 4.66. The molecule has 96 valence electrons. The Morgan fingerprint density at radius 2 is 2.21 bits per heavy atom. The van der Waals surface area contributed by atoms with E-state index in [1.165, 1.54) is 19.2 Å². The Labute approximate surface area is 109 Å². The number of phenols is 1. The van der Waals surface area contributed by atoms with E-state index in [-0.39, 0.29) is 11.7 Å². The number of nitrogens with one attached hydrogen (secondary N) is 1. The number of methoxy groups -OCH3 is 1. The number of benzene rings is 1. The average molecular weight is 257 g/mol. The third-order valence-electron chi connectivity index (χ3n) is 2.89. The summed E-state index contributed by atoms with van der Waals surface area (Å²) in [6.45, 7) is 0.455. The molecule has 19 heavy (non-hydrogen) atoms. The summed E-state index contributed by atoms with van der Waals surface area (Å²) >= 11 is 0. The highest BCUT2D eigenvalue weighted by Gasteiger charge is 2.27. The Morgan fingerprint density at radius 3 is 2.95 bits per heavy atom. The molecule has 6 heteroatoms. The van der Waals surface area contributed by atoms with Crippen LogP contribution in [0.15, 0.2) is 40.0 Å². The van der Waals surface area contributed by atoms with E-state index in [0.717, 1.165) is 0 Å². The molecule has 0 radical (unpaired) electrons. The molecule has 2 N–H and O–H groups in total. The van der Waals surface area contributed by atoms with E-state index in [9.17, 15) is 9.90 Å². The normalized spacial score (nSPS) is 17.1. The Kier molecular flexibility index (Phi) is 2.56. The number of hydrogen-bond donors (Lipinski definition) is 2. The van der Waals surface area contributed by atoms with Crippen LogP contribution < -0.4 is 10.1 Å². The fourth-order valence-corrected chi connectivity index (χ4v) is 1.97. The van der Waals surface area contributed by atoms with Crippen molar-refractivity contribution < 1.29 is 14.6 Å². The predicted molar refractivity (Wildman–Crippen MR) is 69.7 cm³/mol. The quantitative estimate of drug-likeness (QED) is 0.814. The smallest absolute Gasteiger partial charge is 0.272 e. The van der Waals surface area contributed by atoms with Crippen molar-refractivity contribution in [2.45, 2.75) is 0 Å². The van der Waals surface area contributed by atoms with Crippen molar-refractivity contribution in [1.82, 2.24) is 5.32 Å². The van der Waals surface area contributed by atoms with Gasteiger partial charge < -0.3 is 15.2 Å². The number of amidine groups is 1. The molecule has 1 aromatic rings. The number of fused-ring (bicyclic) bond motifs is 1. The first-order valence-corrected chi connectivity index (χ1v) is 5.72. The van der Waals surface area contributed by atoms with Crippen LogP contribution >= 0.6 is 0 Å². The second-order valence-corrected chi connectivity index (χ2v) is 4.08. The largest absolute Gasteiger partial charge is 0.508 e. The van der Waals surface area contributed by atoms with Gasteiger partial charge in [-0.15, -0.1) is 0 Å². The molecule has 0 atom stereocenters. The molecule has 0 unspecified atom stereocenters. The van der Waals surface area contributed by atoms with Gasteiger partial charge in [0.2, 0.25) is 0 Å². The van der Waals surface area contributed by atoms with Crippen molar-refractivity contribution in [2.24, 2.45) is 9.98 Å². The minimum atomic E-state index is -0.228. The average Bonchev–Trinajstić information content (AvgIpc) is 2.83. The summed E-state index contributed by atoms with van der Waals surface area (Å²) in [7, 11) is 1.50. The Bertz CT molecular complexity index is 659. The summed E-state index contributed by atoms with van der Waals surface area (Å²) < 4.78 is 5.19. The van der Waals surface area contributed by atoms with Crippen LogP contribution in [0.25, 0.3) is 0 Å². The van der Waals surface area contributed by atoms with Gasteiger partial charge in [0.25, 0.3) is 5.91 Å². The first-order valence-electron chi connectivity index (χ1n) is 5.72. The molecule has 0 aliphatic carbocycles. The molecule has 0 saturated heterocycles. The van der Waals surface area contributed by atoms with Gasteiger partial charge in [0.05, 0.1) is 18.4 Å². The van der Waals surface area contributed by atoms with E-state index in [2.05, 4.69) is 15.3 Å². The second-order valence-electron chi connectivity index (χ2n) is 4.08. The van der Waals surface area contributed by atoms with Gasteiger partial charge in [0.1, 0.15) is 11.5 Å². The van der Waals surface area contributed by atoms with Crippen LogP contribution in [0.1, 0.15) is 5.56 Å². The zero-order valence-corrected chi connectivity index (χ0v) is 10.2. The van der Waals surface area contributed by atoms with E-state index in [1.54, 1.807) is 12.1 Å². The lowest BCUT2D eigenvalue weighted by Gasteiger charge is -2.07. The van der Waals surface area contributed by atoms with E-state index >= 15 is 0 Å². The topological polar surface area (TPSA) is 83.3 Å². The molecule has 6 nitrogen and oxygen atoms in total. The molecule has 0 fully saturated rings. The molecule has 3 rings (SSSR count). The monoisotopic (exact) mass is 257 g/mol. The Morgan fingerprint density at radius 1 is 1.37 bits per heavy atom. The molecule has 0 aromatic heterocycles. The third-order valence-corrected chi connectivity index (χ3v) is 2.89. The maximum atomic E-state index is 11.6. The van der Waals surface area contributed by atoms with Gasteiger partial charge >= 0.3 is 0 Å². The number of carbonyl (C=O) groups is 1. The van der Waals surface area contributed by atoms with Crippen LogP contribution in [0, 0.1) is 0 Å². The Hall–Kier alpha value is -2.63. The van der Waals surface area contributed by atoms with Gasteiger partial charge in [-0.25, -0.2) is 9.98 Å². The van der Waals surface area contributed by atoms with Crippen molar-refractivity contribution in [1.29, 1.82) is 0 Å². The summed E-state index contributed by atoms with van der Waals surface area (Å²) in [6.07, 6.45) is 1.81. The molecule has 2 aliphatic rings. The van der Waals surface area contributed by atoms with Crippen LogP contribution in [-0.4, -0.2) is 36.2 Å². The number of aromatic hydroxyl groups is 1. The van der Waals surface area contributed by atoms with Crippen LogP contribution in [0.2, 0.25) is 0 Å². The zero-order chi connectivity index (χ0) is 13.4. The van der Waals surface area contributed by atoms with Crippen LogP contribution in [0.4, 0.5) is 0 Å². The van der Waals surface area contributed by atoms with Gasteiger partial charge in [-0.1, -0.05) is 0 Å². The molecule has 1 aromatic carbocycles. The minimum Gasteiger partial charge on any atom is -0.508 e. The minimum absolute atomic E-state index is 0.0984. The second kappa shape index (κ2) is 4.24. The van der Waals surface area contributed by atoms with Gasteiger partial charge in [0, 0.05) is 12.6 Å². The van der Waals surface area contributed by atoms with E-state index in [4.69, 9.17) is 4.74 Å². The SMILES string of the molecule is COc1cc(O)ccc1C1=NC2=CCNC(=O)C2=N1. The van der Waals surface area contributed by atoms with Gasteiger partial charge in [0.15, 0.2) is 11.5 Å². The van der Waals surface area contributed by atoms with E-state index in [1.807, 2.05) is 0 Å². The van der Waals surface area contributed by atoms with Gasteiger partial charge in [-0.3, -0.25) is 4.79 Å². The first-order chi connectivity index (χ1) is 9.19. The highest BCUT2D eigenvalue weighted by Crippen LogP contribution is 2.27. The lowest BCUT2D eigenvalue weighted by molar-refractivity contribution is -0.114. The molecule has 0 bridgehead atoms. The maximum Gasteiger partial charge on any atom is 0.272 e.